The molecule has 0 radical (unpaired) electrons. The van der Waals surface area contributed by atoms with Crippen LogP contribution < -0.4 is 14.8 Å². The Bertz CT molecular complexity index is 1350. The van der Waals surface area contributed by atoms with E-state index in [0.717, 1.165) is 16.3 Å². The highest BCUT2D eigenvalue weighted by molar-refractivity contribution is 5.98. The number of benzene rings is 3. The van der Waals surface area contributed by atoms with Gasteiger partial charge in [0.1, 0.15) is 0 Å². The summed E-state index contributed by atoms with van der Waals surface area (Å²) in [4.78, 5) is 19.6. The molecule has 0 bridgehead atoms. The summed E-state index contributed by atoms with van der Waals surface area (Å²) >= 11 is 0. The number of aromatic nitrogens is 2. The predicted octanol–water partition coefficient (Wildman–Crippen LogP) is 3.79. The fraction of sp³-hybridized carbons (Fsp3) is 0.240. The molecule has 6 rings (SSSR count). The number of likely N-dealkylation sites (tertiary alicyclic amines) is 1. The monoisotopic (exact) mass is 442 g/mol. The molecule has 3 heterocycles. The number of rotatable bonds is 4. The highest BCUT2D eigenvalue weighted by Gasteiger charge is 2.35. The Hall–Kier alpha value is -3.91. The molecule has 0 aliphatic carbocycles. The van der Waals surface area contributed by atoms with Crippen LogP contribution >= 0.6 is 0 Å². The summed E-state index contributed by atoms with van der Waals surface area (Å²) in [5, 5.41) is 9.48. The maximum Gasteiger partial charge on any atom is 0.251 e. The molecular weight excluding hydrogens is 420 g/mol. The van der Waals surface area contributed by atoms with Gasteiger partial charge in [-0.3, -0.25) is 9.69 Å². The van der Waals surface area contributed by atoms with Gasteiger partial charge in [-0.05, 0) is 54.6 Å². The number of likely N-dealkylation sites (N-methyl/N-ethyl adjacent to an activating group) is 1. The zero-order valence-corrected chi connectivity index (χ0v) is 18.0. The molecule has 2 aliphatic heterocycles. The Balaban J connectivity index is 1.15. The van der Waals surface area contributed by atoms with Crippen LogP contribution in [0.1, 0.15) is 28.7 Å². The molecule has 4 aromatic rings. The Morgan fingerprint density at radius 2 is 1.88 bits per heavy atom. The van der Waals surface area contributed by atoms with E-state index < -0.39 is 0 Å². The SMILES string of the molecule is CN1C[C@@H](NC(=O)c2ccc3ccccc3c2)C[C@H]1c1nc(-c2ccc3c(c2)OCO3)no1. The minimum atomic E-state index is -0.0774. The van der Waals surface area contributed by atoms with Crippen molar-refractivity contribution in [3.8, 4) is 22.9 Å². The van der Waals surface area contributed by atoms with Crippen LogP contribution in [0, 0.1) is 0 Å². The number of amides is 1. The number of carbonyl (C=O) groups is 1. The Morgan fingerprint density at radius 1 is 1.03 bits per heavy atom. The normalized spacial score (nSPS) is 19.8. The highest BCUT2D eigenvalue weighted by atomic mass is 16.7. The van der Waals surface area contributed by atoms with Gasteiger partial charge in [0.05, 0.1) is 6.04 Å². The Morgan fingerprint density at radius 3 is 2.79 bits per heavy atom. The second kappa shape index (κ2) is 7.90. The van der Waals surface area contributed by atoms with Crippen LogP contribution in [0.5, 0.6) is 11.5 Å². The van der Waals surface area contributed by atoms with Crippen molar-refractivity contribution >= 4 is 16.7 Å². The smallest absolute Gasteiger partial charge is 0.251 e. The maximum absolute atomic E-state index is 12.9. The summed E-state index contributed by atoms with van der Waals surface area (Å²) in [5.41, 5.74) is 1.46. The van der Waals surface area contributed by atoms with E-state index in [1.165, 1.54) is 0 Å². The van der Waals surface area contributed by atoms with Gasteiger partial charge in [0.25, 0.3) is 5.91 Å². The zero-order valence-electron chi connectivity index (χ0n) is 18.0. The molecule has 0 unspecified atom stereocenters. The lowest BCUT2D eigenvalue weighted by molar-refractivity contribution is 0.0938. The van der Waals surface area contributed by atoms with Crippen LogP contribution in [-0.4, -0.2) is 47.4 Å². The van der Waals surface area contributed by atoms with Crippen LogP contribution in [0.4, 0.5) is 0 Å². The number of fused-ring (bicyclic) bond motifs is 2. The largest absolute Gasteiger partial charge is 0.454 e. The summed E-state index contributed by atoms with van der Waals surface area (Å²) in [6.07, 6.45) is 0.693. The summed E-state index contributed by atoms with van der Waals surface area (Å²) in [5.74, 6) is 2.34. The van der Waals surface area contributed by atoms with E-state index in [1.807, 2.05) is 67.7 Å². The van der Waals surface area contributed by atoms with Crippen LogP contribution in [0.2, 0.25) is 0 Å². The maximum atomic E-state index is 12.9. The second-order valence-electron chi connectivity index (χ2n) is 8.45. The summed E-state index contributed by atoms with van der Waals surface area (Å²) in [6.45, 7) is 0.918. The lowest BCUT2D eigenvalue weighted by Crippen LogP contribution is -2.36. The van der Waals surface area contributed by atoms with Gasteiger partial charge in [0.2, 0.25) is 18.5 Å². The second-order valence-corrected chi connectivity index (χ2v) is 8.45. The molecule has 2 aliphatic rings. The van der Waals surface area contributed by atoms with E-state index in [0.29, 0.717) is 41.7 Å². The van der Waals surface area contributed by atoms with E-state index >= 15 is 0 Å². The van der Waals surface area contributed by atoms with E-state index in [4.69, 9.17) is 14.0 Å². The zero-order chi connectivity index (χ0) is 22.4. The van der Waals surface area contributed by atoms with E-state index in [-0.39, 0.29) is 24.8 Å². The van der Waals surface area contributed by atoms with Crippen LogP contribution in [0.25, 0.3) is 22.2 Å². The van der Waals surface area contributed by atoms with Gasteiger partial charge in [-0.25, -0.2) is 0 Å². The van der Waals surface area contributed by atoms with Crippen LogP contribution in [0.3, 0.4) is 0 Å². The van der Waals surface area contributed by atoms with E-state index in [9.17, 15) is 4.79 Å². The van der Waals surface area contributed by atoms with Crippen molar-refractivity contribution in [1.29, 1.82) is 0 Å². The molecule has 166 valence electrons. The van der Waals surface area contributed by atoms with Gasteiger partial charge in [-0.15, -0.1) is 0 Å². The molecule has 2 atom stereocenters. The first-order valence-electron chi connectivity index (χ1n) is 10.9. The van der Waals surface area contributed by atoms with Gasteiger partial charge in [0, 0.05) is 23.7 Å². The molecule has 8 nitrogen and oxygen atoms in total. The molecule has 0 spiro atoms. The lowest BCUT2D eigenvalue weighted by atomic mass is 10.1. The molecule has 8 heteroatoms. The van der Waals surface area contributed by atoms with E-state index in [1.54, 1.807) is 0 Å². The number of nitrogens with one attached hydrogen (secondary N) is 1. The van der Waals surface area contributed by atoms with Crippen LogP contribution in [-0.2, 0) is 0 Å². The fourth-order valence-corrected chi connectivity index (χ4v) is 4.52. The van der Waals surface area contributed by atoms with Gasteiger partial charge in [-0.1, -0.05) is 35.5 Å². The quantitative estimate of drug-likeness (QED) is 0.514. The third-order valence-corrected chi connectivity index (χ3v) is 6.25. The molecule has 1 fully saturated rings. The average Bonchev–Trinajstić information content (AvgIpc) is 3.57. The Kier molecular flexibility index (Phi) is 4.73. The molecule has 1 N–H and O–H groups in total. The molecular formula is C25H22N4O4. The average molecular weight is 442 g/mol. The standard InChI is InChI=1S/C25H22N4O4/c1-29-13-19(26-24(30)18-7-6-15-4-2-3-5-16(15)10-18)12-20(29)25-27-23(28-33-25)17-8-9-21-22(11-17)32-14-31-21/h2-11,19-20H,12-14H2,1H3,(H,26,30)/t19-,20-/m0/s1. The van der Waals surface area contributed by atoms with Crippen molar-refractivity contribution in [2.45, 2.75) is 18.5 Å². The third kappa shape index (κ3) is 3.68. The molecule has 0 saturated carbocycles. The van der Waals surface area contributed by atoms with Crippen molar-refractivity contribution in [1.82, 2.24) is 20.4 Å². The number of hydrogen-bond donors (Lipinski definition) is 1. The first-order valence-corrected chi connectivity index (χ1v) is 10.9. The summed E-state index contributed by atoms with van der Waals surface area (Å²) in [6, 6.07) is 19.3. The van der Waals surface area contributed by atoms with Gasteiger partial charge in [0.15, 0.2) is 11.5 Å². The fourth-order valence-electron chi connectivity index (χ4n) is 4.52. The minimum Gasteiger partial charge on any atom is -0.454 e. The van der Waals surface area contributed by atoms with E-state index in [2.05, 4.69) is 20.4 Å². The Labute approximate surface area is 190 Å². The number of hydrogen-bond acceptors (Lipinski definition) is 7. The van der Waals surface area contributed by atoms with Crippen molar-refractivity contribution in [2.24, 2.45) is 0 Å². The van der Waals surface area contributed by atoms with Gasteiger partial charge < -0.3 is 19.3 Å². The topological polar surface area (TPSA) is 89.7 Å². The number of nitrogens with zero attached hydrogens (tertiary/aromatic N) is 3. The molecule has 1 saturated heterocycles. The summed E-state index contributed by atoms with van der Waals surface area (Å²) in [7, 11) is 2.00. The first-order chi connectivity index (χ1) is 16.1. The minimum absolute atomic E-state index is 0.0140. The van der Waals surface area contributed by atoms with Crippen molar-refractivity contribution in [3.05, 3.63) is 72.1 Å². The molecule has 3 aromatic carbocycles. The predicted molar refractivity (Wildman–Crippen MR) is 121 cm³/mol. The first kappa shape index (κ1) is 19.8. The number of carbonyl (C=O) groups excluding carboxylic acids is 1. The van der Waals surface area contributed by atoms with Crippen LogP contribution in [0.15, 0.2) is 65.2 Å². The van der Waals surface area contributed by atoms with Gasteiger partial charge in [-0.2, -0.15) is 4.98 Å². The van der Waals surface area contributed by atoms with Crippen molar-refractivity contribution in [2.75, 3.05) is 20.4 Å². The molecule has 1 aromatic heterocycles. The van der Waals surface area contributed by atoms with Crippen molar-refractivity contribution in [3.63, 3.8) is 0 Å². The molecule has 1 amide bonds. The van der Waals surface area contributed by atoms with Crippen molar-refractivity contribution < 1.29 is 18.8 Å². The summed E-state index contributed by atoms with van der Waals surface area (Å²) < 4.78 is 16.4. The van der Waals surface area contributed by atoms with Gasteiger partial charge >= 0.3 is 0 Å². The number of ether oxygens (including phenoxy) is 2. The lowest BCUT2D eigenvalue weighted by Gasteiger charge is -2.14. The molecule has 33 heavy (non-hydrogen) atoms. The third-order valence-electron chi connectivity index (χ3n) is 6.25. The highest BCUT2D eigenvalue weighted by Crippen LogP contribution is 2.36.